The van der Waals surface area contributed by atoms with Crippen LogP contribution in [-0.2, 0) is 4.74 Å². The van der Waals surface area contributed by atoms with Gasteiger partial charge >= 0.3 is 0 Å². The molecule has 0 radical (unpaired) electrons. The van der Waals surface area contributed by atoms with Gasteiger partial charge in [-0.05, 0) is 50.2 Å². The van der Waals surface area contributed by atoms with Crippen LogP contribution in [0.2, 0.25) is 0 Å². The van der Waals surface area contributed by atoms with E-state index in [0.29, 0.717) is 12.3 Å². The van der Waals surface area contributed by atoms with Gasteiger partial charge in [-0.15, -0.1) is 0 Å². The maximum Gasteiger partial charge on any atom is 0.270 e. The number of hydrogen-bond acceptors (Lipinski definition) is 4. The standard InChI is InChI=1S/C19H27N3O2/c23-18(17-6-1-2-9-20-17)21-16-12-19(24-14-16)7-10-22(11-8-19)13-15-4-3-5-15/h1-2,6,9,15-16H,3-5,7-8,10-14H2,(H,21,23). The van der Waals surface area contributed by atoms with Gasteiger partial charge in [-0.2, -0.15) is 0 Å². The van der Waals surface area contributed by atoms with Crippen LogP contribution in [0.3, 0.4) is 0 Å². The first-order valence-electron chi connectivity index (χ1n) is 9.31. The van der Waals surface area contributed by atoms with Gasteiger partial charge in [-0.25, -0.2) is 0 Å². The lowest BCUT2D eigenvalue weighted by Gasteiger charge is -2.41. The Morgan fingerprint density at radius 1 is 1.33 bits per heavy atom. The minimum Gasteiger partial charge on any atom is -0.373 e. The number of pyridine rings is 1. The van der Waals surface area contributed by atoms with Crippen molar-refractivity contribution in [3.8, 4) is 0 Å². The van der Waals surface area contributed by atoms with Crippen molar-refractivity contribution >= 4 is 5.91 Å². The van der Waals surface area contributed by atoms with Gasteiger partial charge in [0.15, 0.2) is 0 Å². The quantitative estimate of drug-likeness (QED) is 0.920. The monoisotopic (exact) mass is 329 g/mol. The van der Waals surface area contributed by atoms with Crippen LogP contribution in [0.25, 0.3) is 0 Å². The molecular formula is C19H27N3O2. The maximum atomic E-state index is 12.2. The predicted octanol–water partition coefficient (Wildman–Crippen LogP) is 2.23. The van der Waals surface area contributed by atoms with Crippen molar-refractivity contribution in [2.24, 2.45) is 5.92 Å². The highest BCUT2D eigenvalue weighted by molar-refractivity contribution is 5.92. The van der Waals surface area contributed by atoms with E-state index < -0.39 is 0 Å². The molecule has 0 bridgehead atoms. The number of ether oxygens (including phenoxy) is 1. The summed E-state index contributed by atoms with van der Waals surface area (Å²) in [5, 5.41) is 3.09. The number of nitrogens with zero attached hydrogens (tertiary/aromatic N) is 2. The van der Waals surface area contributed by atoms with Crippen LogP contribution in [0, 0.1) is 5.92 Å². The first kappa shape index (κ1) is 16.0. The van der Waals surface area contributed by atoms with E-state index in [0.717, 1.165) is 38.3 Å². The molecule has 0 aromatic carbocycles. The average molecular weight is 329 g/mol. The Morgan fingerprint density at radius 3 is 2.83 bits per heavy atom. The van der Waals surface area contributed by atoms with Crippen molar-refractivity contribution in [2.75, 3.05) is 26.2 Å². The topological polar surface area (TPSA) is 54.5 Å². The lowest BCUT2D eigenvalue weighted by atomic mass is 9.83. The number of hydrogen-bond donors (Lipinski definition) is 1. The van der Waals surface area contributed by atoms with E-state index in [2.05, 4.69) is 15.2 Å². The Hall–Kier alpha value is -1.46. The molecule has 5 nitrogen and oxygen atoms in total. The molecule has 3 aliphatic rings. The minimum atomic E-state index is -0.0938. The number of likely N-dealkylation sites (tertiary alicyclic amines) is 1. The van der Waals surface area contributed by atoms with Crippen molar-refractivity contribution in [1.82, 2.24) is 15.2 Å². The van der Waals surface area contributed by atoms with Crippen LogP contribution >= 0.6 is 0 Å². The van der Waals surface area contributed by atoms with Crippen LogP contribution in [0.1, 0.15) is 49.0 Å². The van der Waals surface area contributed by atoms with Crippen molar-refractivity contribution in [2.45, 2.75) is 50.2 Å². The van der Waals surface area contributed by atoms with Gasteiger partial charge < -0.3 is 15.0 Å². The van der Waals surface area contributed by atoms with E-state index in [1.807, 2.05) is 12.1 Å². The first-order valence-corrected chi connectivity index (χ1v) is 9.31. The van der Waals surface area contributed by atoms with Crippen LogP contribution in [0.15, 0.2) is 24.4 Å². The lowest BCUT2D eigenvalue weighted by molar-refractivity contribution is -0.0473. The molecule has 2 saturated heterocycles. The molecule has 5 heteroatoms. The zero-order valence-corrected chi connectivity index (χ0v) is 14.2. The molecule has 4 rings (SSSR count). The summed E-state index contributed by atoms with van der Waals surface area (Å²) in [6.07, 6.45) is 9.02. The summed E-state index contributed by atoms with van der Waals surface area (Å²) >= 11 is 0. The Kier molecular flexibility index (Phi) is 4.55. The Balaban J connectivity index is 1.26. The van der Waals surface area contributed by atoms with Crippen LogP contribution in [0.4, 0.5) is 0 Å². The smallest absolute Gasteiger partial charge is 0.270 e. The molecule has 24 heavy (non-hydrogen) atoms. The summed E-state index contributed by atoms with van der Waals surface area (Å²) in [6, 6.07) is 5.52. The molecule has 1 aromatic heterocycles. The minimum absolute atomic E-state index is 0.0157. The molecule has 1 aromatic rings. The highest BCUT2D eigenvalue weighted by Gasteiger charge is 2.43. The summed E-state index contributed by atoms with van der Waals surface area (Å²) in [5.41, 5.74) is 0.465. The van der Waals surface area contributed by atoms with Crippen molar-refractivity contribution < 1.29 is 9.53 Å². The molecule has 1 spiro atoms. The normalized spacial score (nSPS) is 27.1. The van der Waals surface area contributed by atoms with E-state index in [1.165, 1.54) is 25.8 Å². The largest absolute Gasteiger partial charge is 0.373 e. The Labute approximate surface area is 143 Å². The highest BCUT2D eigenvalue weighted by atomic mass is 16.5. The molecule has 130 valence electrons. The first-order chi connectivity index (χ1) is 11.7. The SMILES string of the molecule is O=C(NC1COC2(CCN(CC3CCC3)CC2)C1)c1ccccn1. The molecule has 3 fully saturated rings. The summed E-state index contributed by atoms with van der Waals surface area (Å²) in [6.45, 7) is 4.17. The molecule has 1 saturated carbocycles. The Morgan fingerprint density at radius 2 is 2.17 bits per heavy atom. The number of rotatable bonds is 4. The third-order valence-electron chi connectivity index (χ3n) is 5.95. The average Bonchev–Trinajstić information content (AvgIpc) is 2.96. The second kappa shape index (κ2) is 6.81. The number of nitrogens with one attached hydrogen (secondary N) is 1. The molecule has 2 aliphatic heterocycles. The Bertz CT molecular complexity index is 565. The van der Waals surface area contributed by atoms with Gasteiger partial charge in [0.1, 0.15) is 5.69 Å². The molecule has 1 atom stereocenters. The second-order valence-corrected chi connectivity index (χ2v) is 7.68. The van der Waals surface area contributed by atoms with Gasteiger partial charge in [0, 0.05) is 25.8 Å². The number of piperidine rings is 1. The molecule has 1 amide bonds. The maximum absolute atomic E-state index is 12.2. The van der Waals surface area contributed by atoms with Crippen molar-refractivity contribution in [3.63, 3.8) is 0 Å². The molecule has 1 aliphatic carbocycles. The highest BCUT2D eigenvalue weighted by Crippen LogP contribution is 2.37. The number of carbonyl (C=O) groups excluding carboxylic acids is 1. The zero-order valence-electron chi connectivity index (χ0n) is 14.2. The van der Waals surface area contributed by atoms with Gasteiger partial charge in [0.05, 0.1) is 18.2 Å². The summed E-state index contributed by atoms with van der Waals surface area (Å²) in [4.78, 5) is 19.0. The third-order valence-corrected chi connectivity index (χ3v) is 5.95. The number of carbonyl (C=O) groups is 1. The van der Waals surface area contributed by atoms with E-state index >= 15 is 0 Å². The summed E-state index contributed by atoms with van der Waals surface area (Å²) in [5.74, 6) is 0.845. The van der Waals surface area contributed by atoms with Crippen LogP contribution in [0.5, 0.6) is 0 Å². The molecular weight excluding hydrogens is 302 g/mol. The van der Waals surface area contributed by atoms with E-state index in [4.69, 9.17) is 4.74 Å². The third kappa shape index (κ3) is 3.47. The van der Waals surface area contributed by atoms with Crippen LogP contribution in [-0.4, -0.2) is 53.7 Å². The summed E-state index contributed by atoms with van der Waals surface area (Å²) in [7, 11) is 0. The number of amides is 1. The van der Waals surface area contributed by atoms with Crippen molar-refractivity contribution in [1.29, 1.82) is 0 Å². The van der Waals surface area contributed by atoms with E-state index in [1.54, 1.807) is 12.3 Å². The van der Waals surface area contributed by atoms with E-state index in [9.17, 15) is 4.79 Å². The van der Waals surface area contributed by atoms with Crippen LogP contribution < -0.4 is 5.32 Å². The fraction of sp³-hybridized carbons (Fsp3) is 0.684. The molecule has 1 unspecified atom stereocenters. The predicted molar refractivity (Wildman–Crippen MR) is 91.8 cm³/mol. The number of aromatic nitrogens is 1. The van der Waals surface area contributed by atoms with Gasteiger partial charge in [-0.3, -0.25) is 9.78 Å². The zero-order chi connectivity index (χ0) is 16.4. The van der Waals surface area contributed by atoms with Crippen molar-refractivity contribution in [3.05, 3.63) is 30.1 Å². The van der Waals surface area contributed by atoms with Gasteiger partial charge in [-0.1, -0.05) is 12.5 Å². The summed E-state index contributed by atoms with van der Waals surface area (Å²) < 4.78 is 6.16. The fourth-order valence-electron chi connectivity index (χ4n) is 4.23. The molecule has 1 N–H and O–H groups in total. The fourth-order valence-corrected chi connectivity index (χ4v) is 4.23. The lowest BCUT2D eigenvalue weighted by Crippen LogP contribution is -2.46. The second-order valence-electron chi connectivity index (χ2n) is 7.68. The van der Waals surface area contributed by atoms with Gasteiger partial charge in [0.25, 0.3) is 5.91 Å². The van der Waals surface area contributed by atoms with Gasteiger partial charge in [0.2, 0.25) is 0 Å². The van der Waals surface area contributed by atoms with E-state index in [-0.39, 0.29) is 17.6 Å². The molecule has 3 heterocycles.